The first kappa shape index (κ1) is 14.1. The van der Waals surface area contributed by atoms with E-state index in [1.807, 2.05) is 12.1 Å². The predicted octanol–water partition coefficient (Wildman–Crippen LogP) is 2.73. The first-order valence-corrected chi connectivity index (χ1v) is 6.14. The Morgan fingerprint density at radius 2 is 2.05 bits per heavy atom. The second-order valence-corrected chi connectivity index (χ2v) is 4.39. The lowest BCUT2D eigenvalue weighted by molar-refractivity contribution is 0.214. The lowest BCUT2D eigenvalue weighted by Crippen LogP contribution is -2.12. The van der Waals surface area contributed by atoms with Crippen molar-refractivity contribution in [2.24, 2.45) is 10.3 Å². The van der Waals surface area contributed by atoms with E-state index in [0.717, 1.165) is 5.69 Å². The monoisotopic (exact) mass is 292 g/mol. The fraction of sp³-hybridized carbons (Fsp3) is 0.154. The summed E-state index contributed by atoms with van der Waals surface area (Å²) in [6, 6.07) is 7.25. The fourth-order valence-electron chi connectivity index (χ4n) is 1.65. The van der Waals surface area contributed by atoms with Gasteiger partial charge in [0.2, 0.25) is 0 Å². The van der Waals surface area contributed by atoms with E-state index in [1.54, 1.807) is 36.1 Å². The Hall–Kier alpha value is -2.34. The summed E-state index contributed by atoms with van der Waals surface area (Å²) >= 11 is 5.85. The molecule has 1 aromatic carbocycles. The Morgan fingerprint density at radius 1 is 1.35 bits per heavy atom. The van der Waals surface area contributed by atoms with Crippen molar-refractivity contribution >= 4 is 23.0 Å². The van der Waals surface area contributed by atoms with Gasteiger partial charge in [-0.2, -0.15) is 5.10 Å². The van der Waals surface area contributed by atoms with Crippen LogP contribution in [0.25, 0.3) is 5.69 Å². The molecule has 0 unspecified atom stereocenters. The molecule has 0 bridgehead atoms. The van der Waals surface area contributed by atoms with Gasteiger partial charge >= 0.3 is 0 Å². The average molecular weight is 293 g/mol. The molecule has 1 N–H and O–H groups in total. The summed E-state index contributed by atoms with van der Waals surface area (Å²) < 4.78 is 1.67. The average Bonchev–Trinajstić information content (AvgIpc) is 2.94. The van der Waals surface area contributed by atoms with E-state index in [-0.39, 0.29) is 0 Å². The first-order valence-electron chi connectivity index (χ1n) is 5.77. The minimum Gasteiger partial charge on any atom is -0.411 e. The molecule has 0 aliphatic heterocycles. The summed E-state index contributed by atoms with van der Waals surface area (Å²) in [5, 5.41) is 20.7. The van der Waals surface area contributed by atoms with Gasteiger partial charge in [-0.25, -0.2) is 4.68 Å². The van der Waals surface area contributed by atoms with Gasteiger partial charge in [-0.05, 0) is 31.2 Å². The van der Waals surface area contributed by atoms with Crippen LogP contribution in [-0.4, -0.2) is 33.5 Å². The summed E-state index contributed by atoms with van der Waals surface area (Å²) in [5.41, 5.74) is 2.28. The van der Waals surface area contributed by atoms with Crippen molar-refractivity contribution in [3.8, 4) is 5.69 Å². The first-order chi connectivity index (χ1) is 9.65. The zero-order valence-corrected chi connectivity index (χ0v) is 11.7. The predicted molar refractivity (Wildman–Crippen MR) is 77.0 cm³/mol. The maximum Gasteiger partial charge on any atom is 0.137 e. The summed E-state index contributed by atoms with van der Waals surface area (Å²) in [4.78, 5) is 4.75. The van der Waals surface area contributed by atoms with E-state index in [2.05, 4.69) is 15.4 Å². The molecule has 0 saturated carbocycles. The molecule has 0 aliphatic rings. The number of hydrogen-bond donors (Lipinski definition) is 1. The molecule has 0 spiro atoms. The van der Waals surface area contributed by atoms with Gasteiger partial charge in [-0.3, -0.25) is 0 Å². The topological polar surface area (TPSA) is 72.0 Å². The quantitative estimate of drug-likeness (QED) is 0.535. The number of rotatable bonds is 4. The third kappa shape index (κ3) is 2.97. The summed E-state index contributed by atoms with van der Waals surface area (Å²) in [7, 11) is 1.42. The van der Waals surface area contributed by atoms with Crippen molar-refractivity contribution in [1.82, 2.24) is 9.78 Å². The van der Waals surface area contributed by atoms with Gasteiger partial charge in [0.15, 0.2) is 0 Å². The summed E-state index contributed by atoms with van der Waals surface area (Å²) in [6.07, 6.45) is 3.37. The van der Waals surface area contributed by atoms with Crippen LogP contribution in [0.3, 0.4) is 0 Å². The number of nitrogens with zero attached hydrogens (tertiary/aromatic N) is 4. The number of halogens is 1. The van der Waals surface area contributed by atoms with E-state index in [4.69, 9.17) is 21.6 Å². The van der Waals surface area contributed by atoms with Gasteiger partial charge in [-0.1, -0.05) is 21.9 Å². The van der Waals surface area contributed by atoms with Crippen LogP contribution in [0.4, 0.5) is 0 Å². The van der Waals surface area contributed by atoms with Gasteiger partial charge in [0, 0.05) is 16.8 Å². The Morgan fingerprint density at radius 3 is 2.65 bits per heavy atom. The molecule has 0 aliphatic carbocycles. The van der Waals surface area contributed by atoms with Crippen molar-refractivity contribution in [3.63, 3.8) is 0 Å². The van der Waals surface area contributed by atoms with Gasteiger partial charge in [0.05, 0.1) is 11.9 Å². The smallest absolute Gasteiger partial charge is 0.137 e. The van der Waals surface area contributed by atoms with Crippen LogP contribution in [0, 0.1) is 0 Å². The molecular weight excluding hydrogens is 280 g/mol. The van der Waals surface area contributed by atoms with E-state index in [1.165, 1.54) is 7.11 Å². The number of benzene rings is 1. The number of hydrogen-bond acceptors (Lipinski definition) is 5. The van der Waals surface area contributed by atoms with E-state index < -0.39 is 0 Å². The highest BCUT2D eigenvalue weighted by Crippen LogP contribution is 2.14. The molecular formula is C13H13ClN4O2. The Kier molecular flexibility index (Phi) is 4.37. The minimum atomic E-state index is 0.336. The van der Waals surface area contributed by atoms with Crippen LogP contribution in [0.1, 0.15) is 12.5 Å². The molecule has 0 radical (unpaired) electrons. The van der Waals surface area contributed by atoms with Crippen molar-refractivity contribution in [1.29, 1.82) is 0 Å². The molecule has 104 valence electrons. The lowest BCUT2D eigenvalue weighted by Gasteiger charge is -2.01. The molecule has 6 nitrogen and oxygen atoms in total. The van der Waals surface area contributed by atoms with Crippen LogP contribution in [0.5, 0.6) is 0 Å². The van der Waals surface area contributed by atoms with Crippen LogP contribution in [0.15, 0.2) is 47.0 Å². The van der Waals surface area contributed by atoms with Gasteiger partial charge in [-0.15, -0.1) is 0 Å². The maximum absolute atomic E-state index is 8.86. The zero-order valence-electron chi connectivity index (χ0n) is 11.0. The third-order valence-electron chi connectivity index (χ3n) is 2.62. The zero-order chi connectivity index (χ0) is 14.5. The van der Waals surface area contributed by atoms with Gasteiger partial charge in [0.1, 0.15) is 18.5 Å². The standard InChI is InChI=1S/C13H13ClN4O2/c1-9(16-19)13(17-20-2)10-7-15-18(8-10)12-5-3-11(14)4-6-12/h3-8,19H,1-2H3/b16-9+,17-13-. The SMILES string of the molecule is CO/N=C(/C(C)=N/O)c1cnn(-c2ccc(Cl)cc2)c1. The molecule has 1 aromatic heterocycles. The highest BCUT2D eigenvalue weighted by molar-refractivity contribution is 6.47. The van der Waals surface area contributed by atoms with Crippen molar-refractivity contribution in [2.75, 3.05) is 7.11 Å². The molecule has 20 heavy (non-hydrogen) atoms. The molecule has 2 rings (SSSR count). The Bertz CT molecular complexity index is 647. The van der Waals surface area contributed by atoms with Crippen LogP contribution in [-0.2, 0) is 4.84 Å². The Balaban J connectivity index is 2.37. The van der Waals surface area contributed by atoms with Crippen LogP contribution >= 0.6 is 11.6 Å². The molecule has 2 aromatic rings. The fourth-order valence-corrected chi connectivity index (χ4v) is 1.77. The largest absolute Gasteiger partial charge is 0.411 e. The Labute approximate surface area is 120 Å². The van der Waals surface area contributed by atoms with E-state index in [0.29, 0.717) is 22.0 Å². The molecule has 0 atom stereocenters. The van der Waals surface area contributed by atoms with Gasteiger partial charge in [0.25, 0.3) is 0 Å². The number of aromatic nitrogens is 2. The van der Waals surface area contributed by atoms with Crippen LogP contribution < -0.4 is 0 Å². The van der Waals surface area contributed by atoms with Crippen LogP contribution in [0.2, 0.25) is 5.02 Å². The molecule has 0 fully saturated rings. The van der Waals surface area contributed by atoms with Crippen molar-refractivity contribution < 1.29 is 10.0 Å². The summed E-state index contributed by atoms with van der Waals surface area (Å²) in [5.74, 6) is 0. The van der Waals surface area contributed by atoms with Crippen molar-refractivity contribution in [3.05, 3.63) is 47.2 Å². The van der Waals surface area contributed by atoms with Crippen molar-refractivity contribution in [2.45, 2.75) is 6.92 Å². The van der Waals surface area contributed by atoms with E-state index in [9.17, 15) is 0 Å². The molecule has 1 heterocycles. The highest BCUT2D eigenvalue weighted by atomic mass is 35.5. The molecule has 0 amide bonds. The molecule has 7 heteroatoms. The minimum absolute atomic E-state index is 0.336. The lowest BCUT2D eigenvalue weighted by atomic mass is 10.1. The maximum atomic E-state index is 8.86. The highest BCUT2D eigenvalue weighted by Gasteiger charge is 2.12. The second-order valence-electron chi connectivity index (χ2n) is 3.96. The number of oxime groups is 2. The third-order valence-corrected chi connectivity index (χ3v) is 2.87. The second kappa shape index (κ2) is 6.21. The van der Waals surface area contributed by atoms with E-state index >= 15 is 0 Å². The summed E-state index contributed by atoms with van der Waals surface area (Å²) in [6.45, 7) is 1.62. The molecule has 0 saturated heterocycles. The normalized spacial score (nSPS) is 12.6. The van der Waals surface area contributed by atoms with Gasteiger partial charge < -0.3 is 10.0 Å².